The normalized spacial score (nSPS) is 10.4. The highest BCUT2D eigenvalue weighted by Crippen LogP contribution is 2.29. The highest BCUT2D eigenvalue weighted by Gasteiger charge is 2.11. The summed E-state index contributed by atoms with van der Waals surface area (Å²) < 4.78 is 0. The lowest BCUT2D eigenvalue weighted by Crippen LogP contribution is -2.03. The van der Waals surface area contributed by atoms with Crippen molar-refractivity contribution in [1.82, 2.24) is 0 Å². The van der Waals surface area contributed by atoms with Crippen molar-refractivity contribution >= 4 is 23.0 Å². The van der Waals surface area contributed by atoms with E-state index in [-0.39, 0.29) is 11.4 Å². The van der Waals surface area contributed by atoms with Crippen LogP contribution in [0.4, 0.5) is 11.4 Å². The number of hydrogen-bond donors (Lipinski definition) is 2. The van der Waals surface area contributed by atoms with Crippen LogP contribution < -0.4 is 5.32 Å². The second kappa shape index (κ2) is 6.01. The number of benzene rings is 2. The molecule has 110 valence electrons. The number of nitrogens with zero attached hydrogens (tertiary/aromatic N) is 1. The van der Waals surface area contributed by atoms with E-state index in [9.17, 15) is 15.2 Å². The first-order chi connectivity index (χ1) is 9.90. The van der Waals surface area contributed by atoms with Crippen LogP contribution in [0.3, 0.4) is 0 Å². The number of nitro groups is 1. The van der Waals surface area contributed by atoms with Crippen molar-refractivity contribution in [1.29, 1.82) is 0 Å². The van der Waals surface area contributed by atoms with Crippen molar-refractivity contribution in [2.45, 2.75) is 20.4 Å². The topological polar surface area (TPSA) is 75.4 Å². The Morgan fingerprint density at radius 1 is 1.29 bits per heavy atom. The molecule has 0 aliphatic rings. The van der Waals surface area contributed by atoms with Gasteiger partial charge in [0.15, 0.2) is 0 Å². The van der Waals surface area contributed by atoms with Gasteiger partial charge in [0.1, 0.15) is 5.75 Å². The van der Waals surface area contributed by atoms with Crippen LogP contribution >= 0.6 is 11.6 Å². The highest BCUT2D eigenvalue weighted by atomic mass is 35.5. The maximum Gasteiger partial charge on any atom is 0.269 e. The molecule has 2 aromatic rings. The number of anilines is 1. The molecule has 0 unspecified atom stereocenters. The quantitative estimate of drug-likeness (QED) is 0.656. The Morgan fingerprint density at radius 3 is 2.67 bits per heavy atom. The van der Waals surface area contributed by atoms with E-state index in [1.54, 1.807) is 13.0 Å². The summed E-state index contributed by atoms with van der Waals surface area (Å²) in [6, 6.07) is 7.99. The number of hydrogen-bond acceptors (Lipinski definition) is 4. The van der Waals surface area contributed by atoms with Gasteiger partial charge in [0, 0.05) is 35.0 Å². The van der Waals surface area contributed by atoms with Crippen LogP contribution in [0.2, 0.25) is 5.02 Å². The van der Waals surface area contributed by atoms with Crippen LogP contribution in [0, 0.1) is 24.0 Å². The number of phenols is 1. The average Bonchev–Trinajstić information content (AvgIpc) is 2.45. The van der Waals surface area contributed by atoms with Crippen molar-refractivity contribution in [2.24, 2.45) is 0 Å². The number of nitrogens with one attached hydrogen (secondary N) is 1. The van der Waals surface area contributed by atoms with Gasteiger partial charge in [-0.25, -0.2) is 0 Å². The summed E-state index contributed by atoms with van der Waals surface area (Å²) in [5.74, 6) is 0.241. The zero-order chi connectivity index (χ0) is 15.6. The predicted molar refractivity (Wildman–Crippen MR) is 83.0 cm³/mol. The molecular formula is C15H15ClN2O3. The van der Waals surface area contributed by atoms with Crippen LogP contribution in [-0.2, 0) is 6.54 Å². The van der Waals surface area contributed by atoms with E-state index in [2.05, 4.69) is 5.32 Å². The molecule has 21 heavy (non-hydrogen) atoms. The van der Waals surface area contributed by atoms with Gasteiger partial charge in [-0.1, -0.05) is 17.7 Å². The van der Waals surface area contributed by atoms with Gasteiger partial charge in [-0.05, 0) is 37.1 Å². The van der Waals surface area contributed by atoms with Crippen molar-refractivity contribution < 1.29 is 10.0 Å². The third-order valence-electron chi connectivity index (χ3n) is 3.34. The number of rotatable bonds is 4. The summed E-state index contributed by atoms with van der Waals surface area (Å²) in [7, 11) is 0. The Kier molecular flexibility index (Phi) is 4.33. The lowest BCUT2D eigenvalue weighted by atomic mass is 10.1. The van der Waals surface area contributed by atoms with Gasteiger partial charge in [0.05, 0.1) is 4.92 Å². The monoisotopic (exact) mass is 306 g/mol. The predicted octanol–water partition coefficient (Wildman–Crippen LogP) is 4.18. The van der Waals surface area contributed by atoms with Gasteiger partial charge < -0.3 is 10.4 Å². The molecule has 0 bridgehead atoms. The molecule has 2 rings (SSSR count). The zero-order valence-corrected chi connectivity index (χ0v) is 12.4. The van der Waals surface area contributed by atoms with Crippen molar-refractivity contribution in [3.05, 3.63) is 62.2 Å². The largest absolute Gasteiger partial charge is 0.507 e. The third-order valence-corrected chi connectivity index (χ3v) is 3.71. The number of phenolic OH excluding ortho intramolecular Hbond substituents is 1. The van der Waals surface area contributed by atoms with E-state index in [0.29, 0.717) is 17.1 Å². The second-order valence-corrected chi connectivity index (χ2v) is 5.20. The molecule has 0 saturated heterocycles. The van der Waals surface area contributed by atoms with Gasteiger partial charge in [-0.2, -0.15) is 0 Å². The lowest BCUT2D eigenvalue weighted by Gasteiger charge is -2.13. The van der Waals surface area contributed by atoms with E-state index in [1.165, 1.54) is 18.2 Å². The van der Waals surface area contributed by atoms with Crippen molar-refractivity contribution in [3.8, 4) is 5.75 Å². The van der Waals surface area contributed by atoms with E-state index in [4.69, 9.17) is 11.6 Å². The fraction of sp³-hybridized carbons (Fsp3) is 0.200. The standard InChI is InChI=1S/C15H15ClN2O3/c1-9-3-6-14(10(2)15(9)19)17-8-11-7-12(18(20)21)4-5-13(11)16/h3-7,17,19H,8H2,1-2H3. The van der Waals surface area contributed by atoms with E-state index < -0.39 is 4.92 Å². The van der Waals surface area contributed by atoms with Crippen LogP contribution in [0.5, 0.6) is 5.75 Å². The van der Waals surface area contributed by atoms with Crippen LogP contribution in [0.1, 0.15) is 16.7 Å². The fourth-order valence-corrected chi connectivity index (χ4v) is 2.21. The number of aryl methyl sites for hydroxylation is 1. The molecule has 0 aliphatic heterocycles. The fourth-order valence-electron chi connectivity index (χ4n) is 2.03. The number of aromatic hydroxyl groups is 1. The second-order valence-electron chi connectivity index (χ2n) is 4.79. The Balaban J connectivity index is 2.22. The Bertz CT molecular complexity index is 702. The molecule has 2 N–H and O–H groups in total. The van der Waals surface area contributed by atoms with E-state index >= 15 is 0 Å². The molecule has 5 nitrogen and oxygen atoms in total. The maximum absolute atomic E-state index is 10.8. The first-order valence-electron chi connectivity index (χ1n) is 6.36. The first-order valence-corrected chi connectivity index (χ1v) is 6.74. The highest BCUT2D eigenvalue weighted by molar-refractivity contribution is 6.31. The van der Waals surface area contributed by atoms with Gasteiger partial charge in [-0.15, -0.1) is 0 Å². The van der Waals surface area contributed by atoms with E-state index in [1.807, 2.05) is 13.0 Å². The summed E-state index contributed by atoms with van der Waals surface area (Å²) in [5, 5.41) is 24.3. The maximum atomic E-state index is 10.8. The number of halogens is 1. The smallest absolute Gasteiger partial charge is 0.269 e. The minimum atomic E-state index is -0.456. The van der Waals surface area contributed by atoms with Crippen molar-refractivity contribution in [3.63, 3.8) is 0 Å². The Labute approximate surface area is 127 Å². The summed E-state index contributed by atoms with van der Waals surface area (Å²) in [4.78, 5) is 10.3. The molecule has 0 spiro atoms. The van der Waals surface area contributed by atoms with Gasteiger partial charge >= 0.3 is 0 Å². The average molecular weight is 307 g/mol. The van der Waals surface area contributed by atoms with Crippen LogP contribution in [0.15, 0.2) is 30.3 Å². The molecule has 0 radical (unpaired) electrons. The van der Waals surface area contributed by atoms with Crippen LogP contribution in [0.25, 0.3) is 0 Å². The summed E-state index contributed by atoms with van der Waals surface area (Å²) in [6.45, 7) is 3.97. The summed E-state index contributed by atoms with van der Waals surface area (Å²) in [6.07, 6.45) is 0. The number of non-ortho nitro benzene ring substituents is 1. The first kappa shape index (κ1) is 15.1. The van der Waals surface area contributed by atoms with Gasteiger partial charge in [-0.3, -0.25) is 10.1 Å². The van der Waals surface area contributed by atoms with Gasteiger partial charge in [0.2, 0.25) is 0 Å². The van der Waals surface area contributed by atoms with Crippen LogP contribution in [-0.4, -0.2) is 10.0 Å². The zero-order valence-electron chi connectivity index (χ0n) is 11.7. The summed E-state index contributed by atoms with van der Waals surface area (Å²) in [5.41, 5.74) is 2.92. The minimum absolute atomic E-state index is 0.000301. The number of nitro benzene ring substituents is 1. The van der Waals surface area contributed by atoms with E-state index in [0.717, 1.165) is 16.8 Å². The Morgan fingerprint density at radius 2 is 2.00 bits per heavy atom. The molecule has 2 aromatic carbocycles. The lowest BCUT2D eigenvalue weighted by molar-refractivity contribution is -0.384. The third kappa shape index (κ3) is 3.25. The minimum Gasteiger partial charge on any atom is -0.507 e. The van der Waals surface area contributed by atoms with Crippen molar-refractivity contribution in [2.75, 3.05) is 5.32 Å². The molecule has 0 heterocycles. The SMILES string of the molecule is Cc1ccc(NCc2cc([N+](=O)[O-])ccc2Cl)c(C)c1O. The summed E-state index contributed by atoms with van der Waals surface area (Å²) >= 11 is 6.05. The molecule has 0 saturated carbocycles. The Hall–Kier alpha value is -2.27. The molecule has 0 aliphatic carbocycles. The molecule has 0 fully saturated rings. The van der Waals surface area contributed by atoms with Gasteiger partial charge in [0.25, 0.3) is 5.69 Å². The molecule has 0 atom stereocenters. The molecule has 6 heteroatoms. The molecular weight excluding hydrogens is 292 g/mol. The molecule has 0 aromatic heterocycles. The molecule has 0 amide bonds.